The molecule has 0 spiro atoms. The Labute approximate surface area is 105 Å². The van der Waals surface area contributed by atoms with E-state index in [9.17, 15) is 0 Å². The van der Waals surface area contributed by atoms with Gasteiger partial charge in [0.05, 0.1) is 5.71 Å². The fourth-order valence-electron chi connectivity index (χ4n) is 1.62. The normalized spacial score (nSPS) is 11.5. The fourth-order valence-corrected chi connectivity index (χ4v) is 1.75. The molecule has 2 aromatic carbocycles. The Morgan fingerprint density at radius 2 is 1.65 bits per heavy atom. The first-order valence-corrected chi connectivity index (χ1v) is 5.49. The van der Waals surface area contributed by atoms with Crippen molar-refractivity contribution in [1.82, 2.24) is 0 Å². The molecule has 0 aliphatic heterocycles. The minimum atomic E-state index is 0.645. The van der Waals surface area contributed by atoms with Crippen molar-refractivity contribution in [3.63, 3.8) is 0 Å². The van der Waals surface area contributed by atoms with Crippen molar-refractivity contribution in [2.75, 3.05) is 5.73 Å². The lowest BCUT2D eigenvalue weighted by Crippen LogP contribution is -2.09. The Balaban J connectivity index is 2.49. The summed E-state index contributed by atoms with van der Waals surface area (Å²) in [5.74, 6) is 5.44. The van der Waals surface area contributed by atoms with Crippen molar-refractivity contribution in [3.8, 4) is 0 Å². The van der Waals surface area contributed by atoms with Crippen molar-refractivity contribution in [3.05, 3.63) is 64.7 Å². The molecular formula is C13H12ClN3. The number of nitrogen functional groups attached to an aromatic ring is 1. The van der Waals surface area contributed by atoms with Crippen LogP contribution in [0.2, 0.25) is 5.02 Å². The van der Waals surface area contributed by atoms with Crippen LogP contribution in [0, 0.1) is 0 Å². The van der Waals surface area contributed by atoms with Gasteiger partial charge >= 0.3 is 0 Å². The van der Waals surface area contributed by atoms with Crippen LogP contribution in [-0.2, 0) is 0 Å². The number of benzene rings is 2. The molecule has 0 saturated heterocycles. The van der Waals surface area contributed by atoms with Crippen LogP contribution in [0.1, 0.15) is 11.1 Å². The summed E-state index contributed by atoms with van der Waals surface area (Å²) in [6.07, 6.45) is 0. The number of hydrogen-bond acceptors (Lipinski definition) is 3. The minimum absolute atomic E-state index is 0.645. The molecule has 3 nitrogen and oxygen atoms in total. The minimum Gasteiger partial charge on any atom is -0.398 e. The van der Waals surface area contributed by atoms with Gasteiger partial charge in [-0.25, -0.2) is 0 Å². The van der Waals surface area contributed by atoms with Crippen molar-refractivity contribution >= 4 is 23.0 Å². The monoisotopic (exact) mass is 245 g/mol. The maximum absolute atomic E-state index is 5.90. The Bertz CT molecular complexity index is 547. The summed E-state index contributed by atoms with van der Waals surface area (Å²) in [6.45, 7) is 0. The quantitative estimate of drug-likeness (QED) is 0.370. The number of halogens is 1. The van der Waals surface area contributed by atoms with Crippen LogP contribution in [0.15, 0.2) is 53.6 Å². The molecule has 0 aliphatic carbocycles. The van der Waals surface area contributed by atoms with E-state index in [1.54, 1.807) is 12.1 Å². The first kappa shape index (κ1) is 11.5. The molecule has 0 saturated carbocycles. The lowest BCUT2D eigenvalue weighted by Gasteiger charge is -2.08. The molecule has 2 rings (SSSR count). The summed E-state index contributed by atoms with van der Waals surface area (Å²) < 4.78 is 0. The van der Waals surface area contributed by atoms with Gasteiger partial charge < -0.3 is 11.6 Å². The lowest BCUT2D eigenvalue weighted by molar-refractivity contribution is 1.24. The molecule has 0 radical (unpaired) electrons. The number of para-hydroxylation sites is 1. The van der Waals surface area contributed by atoms with Gasteiger partial charge in [-0.15, -0.1) is 0 Å². The smallest absolute Gasteiger partial charge is 0.0991 e. The highest BCUT2D eigenvalue weighted by atomic mass is 35.5. The average Bonchev–Trinajstić information content (AvgIpc) is 2.35. The number of hydrazone groups is 1. The maximum atomic E-state index is 5.90. The van der Waals surface area contributed by atoms with E-state index in [0.717, 1.165) is 11.1 Å². The van der Waals surface area contributed by atoms with Crippen LogP contribution < -0.4 is 11.6 Å². The van der Waals surface area contributed by atoms with Gasteiger partial charge in [0.2, 0.25) is 0 Å². The van der Waals surface area contributed by atoms with Gasteiger partial charge in [-0.05, 0) is 18.2 Å². The standard InChI is InChI=1S/C13H12ClN3/c14-10-7-5-9(6-8-10)13(17-16)11-3-1-2-4-12(11)15/h1-8H,15-16H2/b17-13-. The fraction of sp³-hybridized carbons (Fsp3) is 0. The van der Waals surface area contributed by atoms with Crippen LogP contribution in [0.25, 0.3) is 0 Å². The van der Waals surface area contributed by atoms with Crippen molar-refractivity contribution in [2.24, 2.45) is 10.9 Å². The van der Waals surface area contributed by atoms with Crippen LogP contribution in [0.5, 0.6) is 0 Å². The zero-order valence-corrected chi connectivity index (χ0v) is 9.85. The average molecular weight is 246 g/mol. The highest BCUT2D eigenvalue weighted by molar-refractivity contribution is 6.30. The van der Waals surface area contributed by atoms with Crippen LogP contribution in [0.3, 0.4) is 0 Å². The van der Waals surface area contributed by atoms with Gasteiger partial charge in [0, 0.05) is 21.8 Å². The molecule has 86 valence electrons. The summed E-state index contributed by atoms with van der Waals surface area (Å²) in [6, 6.07) is 14.8. The van der Waals surface area contributed by atoms with Gasteiger partial charge in [0.1, 0.15) is 0 Å². The number of rotatable bonds is 2. The third-order valence-electron chi connectivity index (χ3n) is 2.46. The van der Waals surface area contributed by atoms with Gasteiger partial charge in [-0.1, -0.05) is 41.9 Å². The van der Waals surface area contributed by atoms with Crippen LogP contribution in [-0.4, -0.2) is 5.71 Å². The Morgan fingerprint density at radius 3 is 2.24 bits per heavy atom. The van der Waals surface area contributed by atoms with E-state index < -0.39 is 0 Å². The summed E-state index contributed by atoms with van der Waals surface area (Å²) >= 11 is 5.84. The van der Waals surface area contributed by atoms with Gasteiger partial charge in [-0.3, -0.25) is 0 Å². The lowest BCUT2D eigenvalue weighted by atomic mass is 10.0. The molecule has 4 N–H and O–H groups in total. The first-order valence-electron chi connectivity index (χ1n) is 5.11. The predicted octanol–water partition coefficient (Wildman–Crippen LogP) is 2.63. The van der Waals surface area contributed by atoms with Crippen molar-refractivity contribution in [1.29, 1.82) is 0 Å². The third-order valence-corrected chi connectivity index (χ3v) is 2.71. The predicted molar refractivity (Wildman–Crippen MR) is 72.1 cm³/mol. The van der Waals surface area contributed by atoms with E-state index >= 15 is 0 Å². The SMILES string of the molecule is N/N=C(/c1ccc(Cl)cc1)c1ccccc1N. The second-order valence-electron chi connectivity index (χ2n) is 3.57. The van der Waals surface area contributed by atoms with Crippen LogP contribution in [0.4, 0.5) is 5.69 Å². The van der Waals surface area contributed by atoms with Crippen molar-refractivity contribution in [2.45, 2.75) is 0 Å². The Kier molecular flexibility index (Phi) is 3.30. The second kappa shape index (κ2) is 4.89. The van der Waals surface area contributed by atoms with E-state index in [-0.39, 0.29) is 0 Å². The molecule has 2 aromatic rings. The molecule has 0 heterocycles. The number of anilines is 1. The molecule has 17 heavy (non-hydrogen) atoms. The van der Waals surface area contributed by atoms with Crippen LogP contribution >= 0.6 is 11.6 Å². The zero-order chi connectivity index (χ0) is 12.3. The van der Waals surface area contributed by atoms with Crippen molar-refractivity contribution < 1.29 is 0 Å². The van der Waals surface area contributed by atoms with E-state index in [0.29, 0.717) is 16.4 Å². The van der Waals surface area contributed by atoms with Gasteiger partial charge in [0.15, 0.2) is 0 Å². The molecule has 0 bridgehead atoms. The molecule has 0 aliphatic rings. The molecule has 0 aromatic heterocycles. The summed E-state index contributed by atoms with van der Waals surface area (Å²) in [4.78, 5) is 0. The van der Waals surface area contributed by atoms with Gasteiger partial charge in [0.25, 0.3) is 0 Å². The highest BCUT2D eigenvalue weighted by Crippen LogP contribution is 2.18. The maximum Gasteiger partial charge on any atom is 0.0991 e. The molecule has 0 atom stereocenters. The molecule has 0 fully saturated rings. The summed E-state index contributed by atoms with van der Waals surface area (Å²) in [7, 11) is 0. The highest BCUT2D eigenvalue weighted by Gasteiger charge is 2.09. The van der Waals surface area contributed by atoms with E-state index in [1.807, 2.05) is 36.4 Å². The van der Waals surface area contributed by atoms with E-state index in [1.165, 1.54) is 0 Å². The van der Waals surface area contributed by atoms with E-state index in [2.05, 4.69) is 5.10 Å². The van der Waals surface area contributed by atoms with E-state index in [4.69, 9.17) is 23.2 Å². The molecule has 0 amide bonds. The largest absolute Gasteiger partial charge is 0.398 e. The zero-order valence-electron chi connectivity index (χ0n) is 9.10. The Morgan fingerprint density at radius 1 is 1.00 bits per heavy atom. The molecular weight excluding hydrogens is 234 g/mol. The molecule has 4 heteroatoms. The first-order chi connectivity index (χ1) is 8.22. The molecule has 0 unspecified atom stereocenters. The summed E-state index contributed by atoms with van der Waals surface area (Å²) in [5, 5.41) is 4.48. The summed E-state index contributed by atoms with van der Waals surface area (Å²) in [5.41, 5.74) is 8.90. The number of nitrogens with two attached hydrogens (primary N) is 2. The van der Waals surface area contributed by atoms with Gasteiger partial charge in [-0.2, -0.15) is 5.10 Å². The number of nitrogens with zero attached hydrogens (tertiary/aromatic N) is 1. The topological polar surface area (TPSA) is 64.4 Å². The number of hydrogen-bond donors (Lipinski definition) is 2. The second-order valence-corrected chi connectivity index (χ2v) is 4.01. The third kappa shape index (κ3) is 2.40. The Hall–Kier alpha value is -2.00.